The zero-order chi connectivity index (χ0) is 16.7. The van der Waals surface area contributed by atoms with Crippen molar-refractivity contribution >= 4 is 33.4 Å². The van der Waals surface area contributed by atoms with Crippen LogP contribution in [0.5, 0.6) is 0 Å². The maximum Gasteiger partial charge on any atom is 0.234 e. The van der Waals surface area contributed by atoms with Crippen LogP contribution in [0.1, 0.15) is 11.1 Å². The molecule has 2 aromatic rings. The molecule has 0 bridgehead atoms. The lowest BCUT2D eigenvalue weighted by Gasteiger charge is -2.16. The second-order valence-corrected chi connectivity index (χ2v) is 6.88. The minimum absolute atomic E-state index is 0.0339. The van der Waals surface area contributed by atoms with Crippen molar-refractivity contribution in [1.29, 1.82) is 0 Å². The molecule has 0 aliphatic heterocycles. The van der Waals surface area contributed by atoms with E-state index in [-0.39, 0.29) is 5.91 Å². The molecular weight excluding hydrogens is 376 g/mol. The van der Waals surface area contributed by atoms with Crippen LogP contribution in [0.2, 0.25) is 5.02 Å². The van der Waals surface area contributed by atoms with E-state index in [2.05, 4.69) is 33.4 Å². The van der Waals surface area contributed by atoms with Gasteiger partial charge in [-0.2, -0.15) is 0 Å². The van der Waals surface area contributed by atoms with Crippen molar-refractivity contribution in [3.05, 3.63) is 69.2 Å². The zero-order valence-electron chi connectivity index (χ0n) is 13.1. The van der Waals surface area contributed by atoms with E-state index in [4.69, 9.17) is 11.6 Å². The van der Waals surface area contributed by atoms with Gasteiger partial charge in [0.1, 0.15) is 0 Å². The van der Waals surface area contributed by atoms with Gasteiger partial charge in [0.25, 0.3) is 0 Å². The number of carbonyl (C=O) groups is 1. The van der Waals surface area contributed by atoms with Gasteiger partial charge in [0, 0.05) is 22.6 Å². The first-order valence-electron chi connectivity index (χ1n) is 7.47. The minimum Gasteiger partial charge on any atom is -0.355 e. The van der Waals surface area contributed by atoms with Crippen LogP contribution < -0.4 is 5.32 Å². The van der Waals surface area contributed by atoms with Crippen LogP contribution in [0.3, 0.4) is 0 Å². The second kappa shape index (κ2) is 9.06. The Hall–Kier alpha value is -1.36. The molecule has 0 radical (unpaired) electrons. The summed E-state index contributed by atoms with van der Waals surface area (Å²) in [6, 6.07) is 15.8. The van der Waals surface area contributed by atoms with Gasteiger partial charge < -0.3 is 5.32 Å². The molecule has 5 heteroatoms. The Morgan fingerprint density at radius 2 is 1.91 bits per heavy atom. The Bertz CT molecular complexity index is 646. The Morgan fingerprint density at radius 3 is 2.61 bits per heavy atom. The Labute approximate surface area is 150 Å². The van der Waals surface area contributed by atoms with Crippen molar-refractivity contribution in [3.8, 4) is 0 Å². The fourth-order valence-corrected chi connectivity index (χ4v) is 2.77. The van der Waals surface area contributed by atoms with E-state index in [1.165, 1.54) is 5.56 Å². The van der Waals surface area contributed by atoms with Crippen LogP contribution in [-0.2, 0) is 17.8 Å². The lowest BCUT2D eigenvalue weighted by atomic mass is 10.1. The summed E-state index contributed by atoms with van der Waals surface area (Å²) in [5.74, 6) is 0.0339. The fourth-order valence-electron chi connectivity index (χ4n) is 2.30. The number of carbonyl (C=O) groups excluding carboxylic acids is 1. The molecule has 0 atom stereocenters. The number of amides is 1. The highest BCUT2D eigenvalue weighted by Crippen LogP contribution is 2.12. The normalized spacial score (nSPS) is 10.8. The summed E-state index contributed by atoms with van der Waals surface area (Å²) < 4.78 is 1.06. The average Bonchev–Trinajstić information content (AvgIpc) is 2.49. The van der Waals surface area contributed by atoms with E-state index in [1.807, 2.05) is 48.3 Å². The predicted molar refractivity (Wildman–Crippen MR) is 98.6 cm³/mol. The molecule has 0 spiro atoms. The van der Waals surface area contributed by atoms with Crippen LogP contribution in [-0.4, -0.2) is 30.9 Å². The Balaban J connectivity index is 1.70. The zero-order valence-corrected chi connectivity index (χ0v) is 15.4. The molecule has 0 unspecified atom stereocenters. The van der Waals surface area contributed by atoms with Crippen molar-refractivity contribution in [2.24, 2.45) is 0 Å². The van der Waals surface area contributed by atoms with Crippen molar-refractivity contribution in [2.45, 2.75) is 13.0 Å². The first kappa shape index (κ1) is 18.0. The van der Waals surface area contributed by atoms with E-state index in [0.29, 0.717) is 13.1 Å². The van der Waals surface area contributed by atoms with E-state index in [9.17, 15) is 4.79 Å². The molecule has 0 fully saturated rings. The number of nitrogens with one attached hydrogen (secondary N) is 1. The molecule has 2 aromatic carbocycles. The van der Waals surface area contributed by atoms with Gasteiger partial charge >= 0.3 is 0 Å². The number of rotatable bonds is 7. The quantitative estimate of drug-likeness (QED) is 0.771. The number of hydrogen-bond donors (Lipinski definition) is 1. The van der Waals surface area contributed by atoms with E-state index in [0.717, 1.165) is 28.0 Å². The average molecular weight is 396 g/mol. The third kappa shape index (κ3) is 6.73. The molecule has 1 amide bonds. The Kier molecular flexibility index (Phi) is 7.09. The standard InChI is InChI=1S/C18H20BrClN2O/c1-22(12-15-5-7-16(19)8-6-15)13-18(23)21-10-9-14-3-2-4-17(20)11-14/h2-8,11H,9-10,12-13H2,1H3,(H,21,23). The lowest BCUT2D eigenvalue weighted by molar-refractivity contribution is -0.122. The maximum absolute atomic E-state index is 12.0. The first-order chi connectivity index (χ1) is 11.0. The van der Waals surface area contributed by atoms with Gasteiger partial charge in [-0.15, -0.1) is 0 Å². The van der Waals surface area contributed by atoms with Crippen molar-refractivity contribution in [2.75, 3.05) is 20.1 Å². The van der Waals surface area contributed by atoms with Gasteiger partial charge in [-0.25, -0.2) is 0 Å². The number of hydrogen-bond acceptors (Lipinski definition) is 2. The van der Waals surface area contributed by atoms with E-state index in [1.54, 1.807) is 0 Å². The van der Waals surface area contributed by atoms with E-state index < -0.39 is 0 Å². The van der Waals surface area contributed by atoms with Crippen LogP contribution >= 0.6 is 27.5 Å². The summed E-state index contributed by atoms with van der Waals surface area (Å²) in [4.78, 5) is 14.0. The monoisotopic (exact) mass is 394 g/mol. The van der Waals surface area contributed by atoms with Gasteiger partial charge in [0.15, 0.2) is 0 Å². The highest BCUT2D eigenvalue weighted by atomic mass is 79.9. The molecule has 0 aliphatic carbocycles. The van der Waals surface area contributed by atoms with E-state index >= 15 is 0 Å². The number of benzene rings is 2. The summed E-state index contributed by atoms with van der Waals surface area (Å²) >= 11 is 9.36. The molecule has 0 saturated carbocycles. The van der Waals surface area contributed by atoms with Crippen LogP contribution in [0, 0.1) is 0 Å². The lowest BCUT2D eigenvalue weighted by Crippen LogP contribution is -2.35. The summed E-state index contributed by atoms with van der Waals surface area (Å²) in [5.41, 5.74) is 2.31. The fraction of sp³-hybridized carbons (Fsp3) is 0.278. The minimum atomic E-state index is 0.0339. The molecule has 0 aromatic heterocycles. The van der Waals surface area contributed by atoms with Crippen LogP contribution in [0.25, 0.3) is 0 Å². The largest absolute Gasteiger partial charge is 0.355 e. The number of halogens is 2. The van der Waals surface area contributed by atoms with Crippen molar-refractivity contribution in [3.63, 3.8) is 0 Å². The molecule has 0 aliphatic rings. The number of nitrogens with zero attached hydrogens (tertiary/aromatic N) is 1. The molecule has 3 nitrogen and oxygen atoms in total. The highest BCUT2D eigenvalue weighted by Gasteiger charge is 2.07. The molecule has 23 heavy (non-hydrogen) atoms. The van der Waals surface area contributed by atoms with Crippen LogP contribution in [0.15, 0.2) is 53.0 Å². The van der Waals surface area contributed by atoms with Crippen molar-refractivity contribution < 1.29 is 4.79 Å². The third-order valence-corrected chi connectivity index (χ3v) is 4.17. The third-order valence-electron chi connectivity index (χ3n) is 3.40. The van der Waals surface area contributed by atoms with Gasteiger partial charge in [0.05, 0.1) is 6.54 Å². The van der Waals surface area contributed by atoms with Gasteiger partial charge in [-0.1, -0.05) is 51.8 Å². The first-order valence-corrected chi connectivity index (χ1v) is 8.64. The molecule has 122 valence electrons. The summed E-state index contributed by atoms with van der Waals surface area (Å²) in [6.45, 7) is 1.74. The second-order valence-electron chi connectivity index (χ2n) is 5.53. The SMILES string of the molecule is CN(CC(=O)NCCc1cccc(Cl)c1)Cc1ccc(Br)cc1. The summed E-state index contributed by atoms with van der Waals surface area (Å²) in [6.07, 6.45) is 0.780. The maximum atomic E-state index is 12.0. The van der Waals surface area contributed by atoms with Gasteiger partial charge in [0.2, 0.25) is 5.91 Å². The molecule has 0 saturated heterocycles. The van der Waals surface area contributed by atoms with Crippen molar-refractivity contribution in [1.82, 2.24) is 10.2 Å². The molecular formula is C18H20BrClN2O. The Morgan fingerprint density at radius 1 is 1.17 bits per heavy atom. The topological polar surface area (TPSA) is 32.3 Å². The van der Waals surface area contributed by atoms with Gasteiger partial charge in [-0.3, -0.25) is 9.69 Å². The molecule has 1 N–H and O–H groups in total. The molecule has 0 heterocycles. The highest BCUT2D eigenvalue weighted by molar-refractivity contribution is 9.10. The number of likely N-dealkylation sites (N-methyl/N-ethyl adjacent to an activating group) is 1. The van der Waals surface area contributed by atoms with Crippen LogP contribution in [0.4, 0.5) is 0 Å². The van der Waals surface area contributed by atoms with Gasteiger partial charge in [-0.05, 0) is 48.9 Å². The smallest absolute Gasteiger partial charge is 0.234 e. The summed E-state index contributed by atoms with van der Waals surface area (Å²) in [5, 5.41) is 3.67. The summed E-state index contributed by atoms with van der Waals surface area (Å²) in [7, 11) is 1.94. The molecule has 2 rings (SSSR count). The predicted octanol–water partition coefficient (Wildman–Crippen LogP) is 3.89.